The number of fused-ring (bicyclic) bond motifs is 1. The number of rotatable bonds is 5. The Morgan fingerprint density at radius 2 is 1.93 bits per heavy atom. The minimum Gasteiger partial charge on any atom is -0.411 e. The maximum absolute atomic E-state index is 13.8. The second-order valence-electron chi connectivity index (χ2n) is 7.20. The lowest BCUT2D eigenvalue weighted by Gasteiger charge is -2.33. The Morgan fingerprint density at radius 3 is 2.70 bits per heavy atom. The molecule has 0 spiro atoms. The molecule has 1 aliphatic rings. The lowest BCUT2D eigenvalue weighted by Crippen LogP contribution is -2.35. The molecule has 0 saturated carbocycles. The summed E-state index contributed by atoms with van der Waals surface area (Å²) in [6, 6.07) is 15.7. The van der Waals surface area contributed by atoms with Gasteiger partial charge in [-0.1, -0.05) is 35.5 Å². The number of benzene rings is 2. The lowest BCUT2D eigenvalue weighted by molar-refractivity contribution is 0.190. The van der Waals surface area contributed by atoms with E-state index in [1.165, 1.54) is 23.2 Å². The molecular formula is C22H24FN3O. The van der Waals surface area contributed by atoms with Crippen LogP contribution >= 0.6 is 0 Å². The quantitative estimate of drug-likeness (QED) is 0.412. The summed E-state index contributed by atoms with van der Waals surface area (Å²) in [5.41, 5.74) is 2.87. The van der Waals surface area contributed by atoms with Crippen molar-refractivity contribution < 1.29 is 9.60 Å². The third-order valence-corrected chi connectivity index (χ3v) is 5.56. The molecule has 4 rings (SSSR count). The molecule has 5 heteroatoms. The van der Waals surface area contributed by atoms with Gasteiger partial charge in [0.2, 0.25) is 0 Å². The fourth-order valence-electron chi connectivity index (χ4n) is 4.03. The first kappa shape index (κ1) is 17.7. The second kappa shape index (κ2) is 7.92. The van der Waals surface area contributed by atoms with Crippen LogP contribution < -0.4 is 0 Å². The van der Waals surface area contributed by atoms with Gasteiger partial charge in [0.05, 0.1) is 6.21 Å². The van der Waals surface area contributed by atoms with Crippen LogP contribution in [-0.4, -0.2) is 40.5 Å². The third-order valence-electron chi connectivity index (χ3n) is 5.56. The number of hydrogen-bond donors (Lipinski definition) is 1. The lowest BCUT2D eigenvalue weighted by atomic mass is 10.0. The van der Waals surface area contributed by atoms with E-state index in [1.807, 2.05) is 18.2 Å². The van der Waals surface area contributed by atoms with E-state index < -0.39 is 0 Å². The maximum Gasteiger partial charge on any atom is 0.126 e. The van der Waals surface area contributed by atoms with E-state index in [4.69, 9.17) is 5.21 Å². The van der Waals surface area contributed by atoms with E-state index in [9.17, 15) is 4.39 Å². The van der Waals surface area contributed by atoms with E-state index in [1.54, 1.807) is 6.07 Å². The van der Waals surface area contributed by atoms with Crippen molar-refractivity contribution in [2.24, 2.45) is 5.16 Å². The van der Waals surface area contributed by atoms with Crippen LogP contribution in [0.5, 0.6) is 0 Å². The number of halogens is 1. The summed E-state index contributed by atoms with van der Waals surface area (Å²) >= 11 is 0. The normalized spacial score (nSPS) is 16.5. The van der Waals surface area contributed by atoms with Gasteiger partial charge in [0, 0.05) is 37.4 Å². The zero-order valence-corrected chi connectivity index (χ0v) is 15.3. The first-order valence-electron chi connectivity index (χ1n) is 9.48. The number of aromatic nitrogens is 1. The van der Waals surface area contributed by atoms with Crippen molar-refractivity contribution in [2.45, 2.75) is 25.3 Å². The van der Waals surface area contributed by atoms with Crippen LogP contribution in [0.15, 0.2) is 59.9 Å². The summed E-state index contributed by atoms with van der Waals surface area (Å²) in [5, 5.41) is 13.1. The molecular weight excluding hydrogens is 341 g/mol. The molecule has 1 fully saturated rings. The van der Waals surface area contributed by atoms with Gasteiger partial charge in [0.15, 0.2) is 0 Å². The van der Waals surface area contributed by atoms with Crippen molar-refractivity contribution in [3.63, 3.8) is 0 Å². The van der Waals surface area contributed by atoms with Gasteiger partial charge >= 0.3 is 0 Å². The summed E-state index contributed by atoms with van der Waals surface area (Å²) in [6.45, 7) is 2.95. The smallest absolute Gasteiger partial charge is 0.126 e. The molecule has 0 atom stereocenters. The Hall–Kier alpha value is -2.66. The van der Waals surface area contributed by atoms with Gasteiger partial charge in [0.1, 0.15) is 5.82 Å². The summed E-state index contributed by atoms with van der Waals surface area (Å²) in [5.74, 6) is -0.103. The Bertz CT molecular complexity index is 942. The molecule has 2 heterocycles. The number of nitrogens with zero attached hydrogens (tertiary/aromatic N) is 3. The second-order valence-corrected chi connectivity index (χ2v) is 7.20. The molecule has 0 unspecified atom stereocenters. The Labute approximate surface area is 158 Å². The average Bonchev–Trinajstić information content (AvgIpc) is 3.11. The van der Waals surface area contributed by atoms with Crippen molar-refractivity contribution in [2.75, 3.05) is 19.6 Å². The number of likely N-dealkylation sites (tertiary alicyclic amines) is 1. The standard InChI is InChI=1S/C22H24FN3O/c23-21-4-2-1-3-18(21)7-11-25-12-9-20(10-13-25)26-14-8-19-6-5-17(16-24-27)15-22(19)26/h1-6,8,14-16,20,27H,7,9-13H2/b24-16-. The van der Waals surface area contributed by atoms with Crippen LogP contribution in [0.3, 0.4) is 0 Å². The first-order valence-corrected chi connectivity index (χ1v) is 9.48. The van der Waals surface area contributed by atoms with Gasteiger partial charge < -0.3 is 14.7 Å². The van der Waals surface area contributed by atoms with E-state index in [-0.39, 0.29) is 5.82 Å². The van der Waals surface area contributed by atoms with Crippen LogP contribution in [0.1, 0.15) is 30.0 Å². The average molecular weight is 365 g/mol. The molecule has 2 aromatic carbocycles. The molecule has 0 bridgehead atoms. The highest BCUT2D eigenvalue weighted by molar-refractivity contribution is 5.89. The van der Waals surface area contributed by atoms with E-state index in [0.717, 1.165) is 50.0 Å². The van der Waals surface area contributed by atoms with Crippen LogP contribution in [0.2, 0.25) is 0 Å². The Kier molecular flexibility index (Phi) is 5.21. The molecule has 0 radical (unpaired) electrons. The SMILES string of the molecule is O/N=C\c1ccc2ccn(C3CCN(CCc4ccccc4F)CC3)c2c1. The molecule has 4 nitrogen and oxygen atoms in total. The molecule has 1 aromatic heterocycles. The van der Waals surface area contributed by atoms with Crippen LogP contribution in [0, 0.1) is 5.82 Å². The van der Waals surface area contributed by atoms with Crippen molar-refractivity contribution >= 4 is 17.1 Å². The first-order chi connectivity index (χ1) is 13.2. The molecule has 1 aliphatic heterocycles. The zero-order valence-electron chi connectivity index (χ0n) is 15.3. The molecule has 1 N–H and O–H groups in total. The minimum atomic E-state index is -0.103. The molecule has 0 amide bonds. The van der Waals surface area contributed by atoms with E-state index >= 15 is 0 Å². The fraction of sp³-hybridized carbons (Fsp3) is 0.318. The molecule has 1 saturated heterocycles. The monoisotopic (exact) mass is 365 g/mol. The van der Waals surface area contributed by atoms with Gasteiger partial charge in [-0.25, -0.2) is 4.39 Å². The predicted octanol–water partition coefficient (Wildman–Crippen LogP) is 4.47. The van der Waals surface area contributed by atoms with Crippen molar-refractivity contribution in [3.8, 4) is 0 Å². The van der Waals surface area contributed by atoms with Gasteiger partial charge in [-0.2, -0.15) is 0 Å². The van der Waals surface area contributed by atoms with E-state index in [2.05, 4.69) is 39.0 Å². The highest BCUT2D eigenvalue weighted by atomic mass is 19.1. The number of oxime groups is 1. The molecule has 3 aromatic rings. The summed E-state index contributed by atoms with van der Waals surface area (Å²) in [7, 11) is 0. The largest absolute Gasteiger partial charge is 0.411 e. The van der Waals surface area contributed by atoms with Gasteiger partial charge in [-0.3, -0.25) is 0 Å². The van der Waals surface area contributed by atoms with Gasteiger partial charge in [-0.15, -0.1) is 0 Å². The minimum absolute atomic E-state index is 0.103. The Morgan fingerprint density at radius 1 is 1.11 bits per heavy atom. The highest BCUT2D eigenvalue weighted by Gasteiger charge is 2.21. The topological polar surface area (TPSA) is 40.8 Å². The summed E-state index contributed by atoms with van der Waals surface area (Å²) < 4.78 is 16.1. The molecule has 27 heavy (non-hydrogen) atoms. The van der Waals surface area contributed by atoms with Crippen molar-refractivity contribution in [1.29, 1.82) is 0 Å². The van der Waals surface area contributed by atoms with E-state index in [0.29, 0.717) is 6.04 Å². The highest BCUT2D eigenvalue weighted by Crippen LogP contribution is 2.28. The number of hydrogen-bond acceptors (Lipinski definition) is 3. The third kappa shape index (κ3) is 3.88. The van der Waals surface area contributed by atoms with Crippen molar-refractivity contribution in [3.05, 3.63) is 71.7 Å². The predicted molar refractivity (Wildman–Crippen MR) is 106 cm³/mol. The van der Waals surface area contributed by atoms with Crippen LogP contribution in [-0.2, 0) is 6.42 Å². The van der Waals surface area contributed by atoms with Gasteiger partial charge in [0.25, 0.3) is 0 Å². The van der Waals surface area contributed by atoms with Gasteiger partial charge in [-0.05, 0) is 54.0 Å². The fourth-order valence-corrected chi connectivity index (χ4v) is 4.03. The van der Waals surface area contributed by atoms with Crippen molar-refractivity contribution in [1.82, 2.24) is 9.47 Å². The number of piperidine rings is 1. The van der Waals surface area contributed by atoms with Crippen LogP contribution in [0.4, 0.5) is 4.39 Å². The van der Waals surface area contributed by atoms with Crippen LogP contribution in [0.25, 0.3) is 10.9 Å². The zero-order chi connectivity index (χ0) is 18.6. The summed E-state index contributed by atoms with van der Waals surface area (Å²) in [4.78, 5) is 2.43. The maximum atomic E-state index is 13.8. The Balaban J connectivity index is 1.40. The molecule has 0 aliphatic carbocycles. The molecule has 140 valence electrons. The summed E-state index contributed by atoms with van der Waals surface area (Å²) in [6.07, 6.45) is 6.54.